The number of ether oxygens (including phenoxy) is 1. The van der Waals surface area contributed by atoms with Gasteiger partial charge in [-0.25, -0.2) is 0 Å². The molecule has 0 saturated carbocycles. The zero-order valence-electron chi connectivity index (χ0n) is 7.78. The van der Waals surface area contributed by atoms with Gasteiger partial charge in [0, 0.05) is 17.7 Å². The molecule has 1 aliphatic rings. The Morgan fingerprint density at radius 1 is 1.54 bits per heavy atom. The molecule has 0 bridgehead atoms. The average molecular weight is 199 g/mol. The van der Waals surface area contributed by atoms with E-state index < -0.39 is 0 Å². The smallest absolute Gasteiger partial charge is 0.145 e. The monoisotopic (exact) mass is 199 g/mol. The van der Waals surface area contributed by atoms with Crippen molar-refractivity contribution < 1.29 is 9.26 Å². The van der Waals surface area contributed by atoms with Crippen molar-refractivity contribution in [3.05, 3.63) is 17.0 Å². The van der Waals surface area contributed by atoms with Crippen molar-refractivity contribution in [3.63, 3.8) is 0 Å². The molecule has 0 N–H and O–H groups in total. The highest BCUT2D eigenvalue weighted by molar-refractivity contribution is 7.79. The van der Waals surface area contributed by atoms with Gasteiger partial charge >= 0.3 is 0 Å². The molecule has 1 aromatic heterocycles. The number of thiol groups is 1. The van der Waals surface area contributed by atoms with Crippen molar-refractivity contribution in [3.8, 4) is 0 Å². The normalized spacial score (nSPS) is 27.3. The summed E-state index contributed by atoms with van der Waals surface area (Å²) < 4.78 is 10.9. The van der Waals surface area contributed by atoms with Gasteiger partial charge in [0.1, 0.15) is 5.76 Å². The first-order valence-corrected chi connectivity index (χ1v) is 5.09. The lowest BCUT2D eigenvalue weighted by Gasteiger charge is -2.24. The van der Waals surface area contributed by atoms with Crippen LogP contribution in [0.25, 0.3) is 0 Å². The van der Waals surface area contributed by atoms with Gasteiger partial charge in [-0.15, -0.1) is 0 Å². The maximum absolute atomic E-state index is 5.68. The number of hydrogen-bond acceptors (Lipinski definition) is 4. The molecule has 0 unspecified atom stereocenters. The number of nitrogens with zero attached hydrogens (tertiary/aromatic N) is 1. The number of fused-ring (bicyclic) bond motifs is 1. The zero-order chi connectivity index (χ0) is 9.42. The van der Waals surface area contributed by atoms with Crippen molar-refractivity contribution in [2.75, 3.05) is 0 Å². The van der Waals surface area contributed by atoms with Gasteiger partial charge in [-0.1, -0.05) is 5.16 Å². The maximum Gasteiger partial charge on any atom is 0.145 e. The predicted octanol–water partition coefficient (Wildman–Crippen LogP) is 2.13. The molecule has 0 aromatic carbocycles. The molecule has 72 valence electrons. The summed E-state index contributed by atoms with van der Waals surface area (Å²) in [6, 6.07) is 0. The van der Waals surface area contributed by atoms with Crippen LogP contribution >= 0.6 is 12.6 Å². The summed E-state index contributed by atoms with van der Waals surface area (Å²) in [5.41, 5.74) is 2.02. The molecule has 0 fully saturated rings. The number of rotatable bonds is 1. The van der Waals surface area contributed by atoms with Crippen LogP contribution < -0.4 is 0 Å². The molecule has 2 rings (SSSR count). The van der Waals surface area contributed by atoms with E-state index in [1.165, 1.54) is 0 Å². The summed E-state index contributed by atoms with van der Waals surface area (Å²) >= 11 is 4.20. The van der Waals surface area contributed by atoms with E-state index in [1.54, 1.807) is 0 Å². The second-order valence-corrected chi connectivity index (χ2v) is 3.73. The first kappa shape index (κ1) is 9.09. The van der Waals surface area contributed by atoms with Crippen LogP contribution in [0.2, 0.25) is 0 Å². The first-order valence-electron chi connectivity index (χ1n) is 4.46. The summed E-state index contributed by atoms with van der Waals surface area (Å²) in [4.78, 5) is 0. The Bertz CT molecular complexity index is 311. The van der Waals surface area contributed by atoms with E-state index in [1.807, 2.05) is 13.8 Å². The molecular weight excluding hydrogens is 186 g/mol. The van der Waals surface area contributed by atoms with Crippen LogP contribution in [-0.2, 0) is 16.9 Å². The van der Waals surface area contributed by atoms with E-state index >= 15 is 0 Å². The summed E-state index contributed by atoms with van der Waals surface area (Å²) in [5.74, 6) is 1.58. The molecule has 2 heterocycles. The lowest BCUT2D eigenvalue weighted by Crippen LogP contribution is -2.21. The number of aromatic nitrogens is 1. The molecule has 0 saturated heterocycles. The van der Waals surface area contributed by atoms with E-state index in [2.05, 4.69) is 17.8 Å². The van der Waals surface area contributed by atoms with Crippen molar-refractivity contribution in [2.24, 2.45) is 0 Å². The van der Waals surface area contributed by atoms with E-state index in [4.69, 9.17) is 9.26 Å². The van der Waals surface area contributed by atoms with Gasteiger partial charge in [0.2, 0.25) is 0 Å². The average Bonchev–Trinajstić information content (AvgIpc) is 2.47. The Labute approximate surface area is 82.8 Å². The minimum atomic E-state index is 0.0900. The lowest BCUT2D eigenvalue weighted by molar-refractivity contribution is -0.0101. The van der Waals surface area contributed by atoms with Gasteiger partial charge in [0.15, 0.2) is 0 Å². The van der Waals surface area contributed by atoms with Crippen LogP contribution in [-0.4, -0.2) is 11.3 Å². The van der Waals surface area contributed by atoms with E-state index in [-0.39, 0.29) is 12.2 Å². The largest absolute Gasteiger partial charge is 0.370 e. The fraction of sp³-hybridized carbons (Fsp3) is 0.667. The van der Waals surface area contributed by atoms with Gasteiger partial charge in [-0.2, -0.15) is 12.6 Å². The predicted molar refractivity (Wildman–Crippen MR) is 51.9 cm³/mol. The third-order valence-electron chi connectivity index (χ3n) is 2.34. The summed E-state index contributed by atoms with van der Waals surface area (Å²) in [6.07, 6.45) is 1.14. The minimum absolute atomic E-state index is 0.0900. The van der Waals surface area contributed by atoms with Gasteiger partial charge in [0.25, 0.3) is 0 Å². The topological polar surface area (TPSA) is 35.3 Å². The second-order valence-electron chi connectivity index (χ2n) is 3.42. The molecule has 0 aliphatic carbocycles. The molecule has 1 aliphatic heterocycles. The Kier molecular flexibility index (Phi) is 2.34. The molecule has 2 atom stereocenters. The van der Waals surface area contributed by atoms with Crippen molar-refractivity contribution in [2.45, 2.75) is 38.2 Å². The Morgan fingerprint density at radius 2 is 2.31 bits per heavy atom. The molecule has 1 aromatic rings. The standard InChI is InChI=1S/C9H13NO2S/c1-5-3-8-9(6(2)11-5)7(4-13)10-12-8/h5-6,13H,3-4H2,1-2H3/t5-,6+/m1/s1. The SMILES string of the molecule is C[C@@H]1Cc2onc(CS)c2[C@H](C)O1. The first-order chi connectivity index (χ1) is 6.22. The minimum Gasteiger partial charge on any atom is -0.370 e. The Balaban J connectivity index is 2.40. The van der Waals surface area contributed by atoms with Crippen molar-refractivity contribution in [1.82, 2.24) is 5.16 Å². The number of hydrogen-bond donors (Lipinski definition) is 1. The van der Waals surface area contributed by atoms with Crippen molar-refractivity contribution >= 4 is 12.6 Å². The van der Waals surface area contributed by atoms with Gasteiger partial charge < -0.3 is 9.26 Å². The zero-order valence-corrected chi connectivity index (χ0v) is 8.67. The molecular formula is C9H13NO2S. The third kappa shape index (κ3) is 1.48. The molecule has 4 heteroatoms. The van der Waals surface area contributed by atoms with Crippen LogP contribution in [0.1, 0.15) is 37.0 Å². The van der Waals surface area contributed by atoms with Crippen LogP contribution in [0.4, 0.5) is 0 Å². The Morgan fingerprint density at radius 3 is 3.00 bits per heavy atom. The highest BCUT2D eigenvalue weighted by atomic mass is 32.1. The summed E-state index contributed by atoms with van der Waals surface area (Å²) in [7, 11) is 0. The molecule has 3 nitrogen and oxygen atoms in total. The van der Waals surface area contributed by atoms with Crippen LogP contribution in [0.3, 0.4) is 0 Å². The van der Waals surface area contributed by atoms with Gasteiger partial charge in [-0.3, -0.25) is 0 Å². The lowest BCUT2D eigenvalue weighted by atomic mass is 10.0. The van der Waals surface area contributed by atoms with Gasteiger partial charge in [0.05, 0.1) is 17.9 Å². The van der Waals surface area contributed by atoms with E-state index in [9.17, 15) is 0 Å². The molecule has 0 radical (unpaired) electrons. The molecule has 0 amide bonds. The quantitative estimate of drug-likeness (QED) is 0.704. The fourth-order valence-corrected chi connectivity index (χ4v) is 2.05. The van der Waals surface area contributed by atoms with Crippen LogP contribution in [0, 0.1) is 0 Å². The third-order valence-corrected chi connectivity index (χ3v) is 2.64. The van der Waals surface area contributed by atoms with Crippen molar-refractivity contribution in [1.29, 1.82) is 0 Å². The fourth-order valence-electron chi connectivity index (χ4n) is 1.82. The Hall–Kier alpha value is -0.480. The summed E-state index contributed by atoms with van der Waals surface area (Å²) in [5, 5.41) is 3.97. The highest BCUT2D eigenvalue weighted by Crippen LogP contribution is 2.32. The maximum atomic E-state index is 5.68. The summed E-state index contributed by atoms with van der Waals surface area (Å²) in [6.45, 7) is 4.07. The highest BCUT2D eigenvalue weighted by Gasteiger charge is 2.28. The molecule has 13 heavy (non-hydrogen) atoms. The molecule has 0 spiro atoms. The van der Waals surface area contributed by atoms with E-state index in [0.29, 0.717) is 5.75 Å². The van der Waals surface area contributed by atoms with Crippen LogP contribution in [0.5, 0.6) is 0 Å². The van der Waals surface area contributed by atoms with E-state index in [0.717, 1.165) is 23.4 Å². The van der Waals surface area contributed by atoms with Crippen LogP contribution in [0.15, 0.2) is 4.52 Å². The van der Waals surface area contributed by atoms with Gasteiger partial charge in [-0.05, 0) is 13.8 Å². The second kappa shape index (κ2) is 3.35.